The van der Waals surface area contributed by atoms with E-state index >= 15 is 0 Å². The highest BCUT2D eigenvalue weighted by atomic mass is 16.6. The van der Waals surface area contributed by atoms with Crippen molar-refractivity contribution in [3.05, 3.63) is 114 Å². The highest BCUT2D eigenvalue weighted by Crippen LogP contribution is 2.34. The molecule has 6 aromatic rings. The number of rotatable bonds is 44. The number of nitrogens with two attached hydrogens (primary N) is 1. The first-order valence-corrected chi connectivity index (χ1v) is 32.7. The largest absolute Gasteiger partial charge is 0.388 e. The molecular weight excluding hydrogens is 1280 g/mol. The average Bonchev–Trinajstić information content (AvgIpc) is 1.70. The molecule has 32 nitrogen and oxygen atoms in total. The number of hydrogen-bond acceptors (Lipinski definition) is 19. The Morgan fingerprint density at radius 2 is 0.899 bits per heavy atom. The van der Waals surface area contributed by atoms with Crippen molar-refractivity contribution in [2.75, 3.05) is 152 Å². The fourth-order valence-electron chi connectivity index (χ4n) is 10.3. The van der Waals surface area contributed by atoms with Crippen molar-refractivity contribution in [2.24, 2.45) is 33.9 Å². The van der Waals surface area contributed by atoms with Gasteiger partial charge in [0.05, 0.1) is 123 Å². The molecule has 1 aliphatic heterocycles. The van der Waals surface area contributed by atoms with Gasteiger partial charge < -0.3 is 104 Å². The van der Waals surface area contributed by atoms with Crippen molar-refractivity contribution in [3.8, 4) is 11.1 Å². The zero-order valence-corrected chi connectivity index (χ0v) is 57.0. The minimum atomic E-state index is -0.595. The van der Waals surface area contributed by atoms with Crippen molar-refractivity contribution >= 4 is 81.8 Å². The summed E-state index contributed by atoms with van der Waals surface area (Å²) < 4.78 is 50.4. The van der Waals surface area contributed by atoms with Crippen molar-refractivity contribution in [1.82, 2.24) is 44.2 Å². The number of anilines is 5. The first-order valence-electron chi connectivity index (χ1n) is 32.7. The molecule has 32 heteroatoms. The number of ether oxygens (including phenoxy) is 8. The number of nitrogens with zero attached hydrogens (tertiary/aromatic N) is 7. The molecular formula is C67H92N16O16. The van der Waals surface area contributed by atoms with Gasteiger partial charge in [0.15, 0.2) is 11.6 Å². The van der Waals surface area contributed by atoms with Crippen molar-refractivity contribution in [3.63, 3.8) is 0 Å². The first kappa shape index (κ1) is 76.7. The molecule has 7 rings (SSSR count). The lowest BCUT2D eigenvalue weighted by Crippen LogP contribution is -2.40. The SMILES string of the molecule is CC(=O)N1c2ccc(-c3ccc(C(=O)NCCOCCOCCOCCOCCOCCOCCOCCOCCNC(=O)c4cc(NC(=O)c5nc(NC(=O)CCNC(=O)c6cc(NC(=O)c7nc(NC(=O)CCCC(=N)N)cn7C)cn6C)cn5C)cn4C)cc3)cc2CC[C@@H]1C. The highest BCUT2D eigenvalue weighted by Gasteiger charge is 2.27. The van der Waals surface area contributed by atoms with Crippen LogP contribution in [0.1, 0.15) is 104 Å². The molecule has 1 atom stereocenters. The summed E-state index contributed by atoms with van der Waals surface area (Å²) in [6, 6.07) is 16.8. The molecule has 0 spiro atoms. The summed E-state index contributed by atoms with van der Waals surface area (Å²) in [6.07, 6.45) is 8.56. The predicted octanol–water partition coefficient (Wildman–Crippen LogP) is 3.79. The second-order valence-electron chi connectivity index (χ2n) is 23.1. The van der Waals surface area contributed by atoms with Gasteiger partial charge in [-0.1, -0.05) is 18.2 Å². The molecule has 10 N–H and O–H groups in total. The molecule has 8 amide bonds. The molecule has 99 heavy (non-hydrogen) atoms. The van der Waals surface area contributed by atoms with Gasteiger partial charge in [0.2, 0.25) is 29.4 Å². The van der Waals surface area contributed by atoms with Crippen LogP contribution in [0.2, 0.25) is 0 Å². The van der Waals surface area contributed by atoms with Crippen LogP contribution in [0.15, 0.2) is 79.4 Å². The monoisotopic (exact) mass is 1380 g/mol. The van der Waals surface area contributed by atoms with Crippen LogP contribution in [-0.4, -0.2) is 213 Å². The number of aromatic nitrogens is 6. The Labute approximate surface area is 574 Å². The normalized spacial score (nSPS) is 12.6. The van der Waals surface area contributed by atoms with Gasteiger partial charge in [-0.2, -0.15) is 0 Å². The van der Waals surface area contributed by atoms with Crippen LogP contribution in [0.25, 0.3) is 11.1 Å². The summed E-state index contributed by atoms with van der Waals surface area (Å²) in [4.78, 5) is 113. The Bertz CT molecular complexity index is 3670. The molecule has 5 heterocycles. The van der Waals surface area contributed by atoms with Crippen LogP contribution in [0.3, 0.4) is 0 Å². The van der Waals surface area contributed by atoms with Crippen LogP contribution in [-0.2, 0) is 86.9 Å². The van der Waals surface area contributed by atoms with Crippen LogP contribution < -0.4 is 47.9 Å². The minimum absolute atomic E-state index is 0.00245. The maximum absolute atomic E-state index is 13.3. The fraction of sp³-hybridized carbons (Fsp3) is 0.478. The van der Waals surface area contributed by atoms with E-state index in [-0.39, 0.29) is 109 Å². The van der Waals surface area contributed by atoms with Gasteiger partial charge in [0.1, 0.15) is 11.4 Å². The number of imidazole rings is 2. The Morgan fingerprint density at radius 3 is 1.34 bits per heavy atom. The molecule has 0 fully saturated rings. The minimum Gasteiger partial charge on any atom is -0.388 e. The molecule has 1 aliphatic rings. The molecule has 0 radical (unpaired) electrons. The van der Waals surface area contributed by atoms with Gasteiger partial charge in [-0.05, 0) is 79.3 Å². The maximum atomic E-state index is 13.3. The molecule has 0 bridgehead atoms. The first-order chi connectivity index (χ1) is 47.7. The summed E-state index contributed by atoms with van der Waals surface area (Å²) in [6.45, 7) is 10.4. The lowest BCUT2D eigenvalue weighted by molar-refractivity contribution is -0.117. The summed E-state index contributed by atoms with van der Waals surface area (Å²) in [5.74, 6) is -2.79. The van der Waals surface area contributed by atoms with Crippen LogP contribution in [0.4, 0.5) is 28.7 Å². The van der Waals surface area contributed by atoms with E-state index in [1.165, 1.54) is 44.4 Å². The van der Waals surface area contributed by atoms with Crippen molar-refractivity contribution in [2.45, 2.75) is 58.4 Å². The molecule has 0 saturated heterocycles. The third-order valence-corrected chi connectivity index (χ3v) is 15.3. The zero-order chi connectivity index (χ0) is 71.1. The van der Waals surface area contributed by atoms with E-state index in [0.29, 0.717) is 129 Å². The molecule has 0 unspecified atom stereocenters. The van der Waals surface area contributed by atoms with E-state index in [0.717, 1.165) is 35.2 Å². The summed E-state index contributed by atoms with van der Waals surface area (Å²) in [7, 11) is 6.44. The van der Waals surface area contributed by atoms with Crippen molar-refractivity contribution in [1.29, 1.82) is 5.41 Å². The van der Waals surface area contributed by atoms with E-state index in [1.807, 2.05) is 41.3 Å². The number of amides is 8. The Balaban J connectivity index is 0.620. The van der Waals surface area contributed by atoms with E-state index in [1.54, 1.807) is 45.9 Å². The maximum Gasteiger partial charge on any atom is 0.291 e. The van der Waals surface area contributed by atoms with Gasteiger partial charge in [-0.25, -0.2) is 9.97 Å². The van der Waals surface area contributed by atoms with E-state index in [9.17, 15) is 38.4 Å². The average molecular weight is 1380 g/mol. The standard InChI is InChI=1S/C67H92N16O16/c1-45-10-11-50-38-49(16-17-53(50)83(45)46(2)84)47-12-14-48(15-13-47)63(87)71-20-22-92-24-26-94-28-30-96-32-34-98-36-37-99-35-33-97-31-29-95-27-25-93-23-21-72-65(89)55-40-52(42-80(55)4)74-67(91)62-78-58(44-82(62)6)76-60(86)18-19-70-64(88)54-39-51(41-79(54)3)73-66(90)61-77-57(43-81(61)5)75-59(85)9-7-8-56(68)69/h12-17,38-45H,7-11,18-37H2,1-6H3,(H3,68,69)(H,70,88)(H,71,87)(H,72,89)(H,73,90)(H,74,91)(H,75,85)(H,76,86)/t45-/m0/s1. The number of hydrogen-bond donors (Lipinski definition) is 9. The Kier molecular flexibility index (Phi) is 31.2. The number of carbonyl (C=O) groups is 8. The third-order valence-electron chi connectivity index (χ3n) is 15.3. The lowest BCUT2D eigenvalue weighted by Gasteiger charge is -2.34. The number of nitrogens with one attached hydrogen (secondary N) is 8. The summed E-state index contributed by atoms with van der Waals surface area (Å²) in [5.41, 5.74) is 11.2. The number of benzene rings is 2. The van der Waals surface area contributed by atoms with Crippen LogP contribution in [0.5, 0.6) is 0 Å². The molecule has 4 aromatic heterocycles. The molecule has 0 saturated carbocycles. The number of amidine groups is 1. The second-order valence-corrected chi connectivity index (χ2v) is 23.1. The predicted molar refractivity (Wildman–Crippen MR) is 367 cm³/mol. The number of fused-ring (bicyclic) bond motifs is 1. The highest BCUT2D eigenvalue weighted by molar-refractivity contribution is 6.05. The smallest absolute Gasteiger partial charge is 0.291 e. The van der Waals surface area contributed by atoms with Gasteiger partial charge in [0, 0.05) is 116 Å². The van der Waals surface area contributed by atoms with Gasteiger partial charge in [-0.15, -0.1) is 0 Å². The fourth-order valence-corrected chi connectivity index (χ4v) is 10.3. The third kappa shape index (κ3) is 25.3. The van der Waals surface area contributed by atoms with Crippen molar-refractivity contribution < 1.29 is 76.3 Å². The topological polar surface area (TPSA) is 393 Å². The Morgan fingerprint density at radius 1 is 0.485 bits per heavy atom. The molecule has 0 aliphatic carbocycles. The zero-order valence-electron chi connectivity index (χ0n) is 57.0. The van der Waals surface area contributed by atoms with E-state index < -0.39 is 23.6 Å². The number of aryl methyl sites for hydroxylation is 5. The van der Waals surface area contributed by atoms with Crippen LogP contribution >= 0.6 is 0 Å². The lowest BCUT2D eigenvalue weighted by atomic mass is 9.93. The quantitative estimate of drug-likeness (QED) is 0.0149. The van der Waals surface area contributed by atoms with E-state index in [4.69, 9.17) is 49.0 Å². The Hall–Kier alpha value is -9.67. The number of carbonyl (C=O) groups excluding carboxylic acids is 8. The van der Waals surface area contributed by atoms with Gasteiger partial charge in [-0.3, -0.25) is 43.8 Å². The van der Waals surface area contributed by atoms with Crippen LogP contribution in [0, 0.1) is 5.41 Å². The molecule has 536 valence electrons. The van der Waals surface area contributed by atoms with E-state index in [2.05, 4.69) is 60.2 Å². The summed E-state index contributed by atoms with van der Waals surface area (Å²) >= 11 is 0. The van der Waals surface area contributed by atoms with Gasteiger partial charge >= 0.3 is 0 Å². The second kappa shape index (κ2) is 40.3. The van der Waals surface area contributed by atoms with Gasteiger partial charge in [0.25, 0.3) is 29.5 Å². The summed E-state index contributed by atoms with van der Waals surface area (Å²) in [5, 5.41) is 26.3. The molecule has 2 aromatic carbocycles.